The molecule has 0 radical (unpaired) electrons. The van der Waals surface area contributed by atoms with Gasteiger partial charge in [-0.1, -0.05) is 12.8 Å². The monoisotopic (exact) mass is 237 g/mol. The second kappa shape index (κ2) is 4.06. The highest BCUT2D eigenvalue weighted by molar-refractivity contribution is 8.00. The molecule has 0 bridgehead atoms. The second-order valence-corrected chi connectivity index (χ2v) is 5.83. The maximum Gasteiger partial charge on any atom is 0.147 e. The van der Waals surface area contributed by atoms with E-state index >= 15 is 0 Å². The predicted molar refractivity (Wildman–Crippen MR) is 63.3 cm³/mol. The summed E-state index contributed by atoms with van der Waals surface area (Å²) < 4.78 is 0. The van der Waals surface area contributed by atoms with E-state index in [1.807, 2.05) is 17.3 Å². The van der Waals surface area contributed by atoms with Gasteiger partial charge in [-0.3, -0.25) is 0 Å². The minimum absolute atomic E-state index is 0.741. The fourth-order valence-electron chi connectivity index (χ4n) is 1.92. The van der Waals surface area contributed by atoms with Gasteiger partial charge in [0.25, 0.3) is 0 Å². The van der Waals surface area contributed by atoms with Gasteiger partial charge in [0.15, 0.2) is 0 Å². The van der Waals surface area contributed by atoms with Crippen molar-refractivity contribution in [2.24, 2.45) is 0 Å². The predicted octanol–water partition coefficient (Wildman–Crippen LogP) is 3.12. The molecule has 1 aliphatic rings. The summed E-state index contributed by atoms with van der Waals surface area (Å²) in [4.78, 5) is 13.9. The second-order valence-electron chi connectivity index (χ2n) is 3.71. The Kier molecular flexibility index (Phi) is 2.58. The van der Waals surface area contributed by atoms with Crippen LogP contribution in [-0.4, -0.2) is 20.2 Å². The van der Waals surface area contributed by atoms with Crippen molar-refractivity contribution in [3.05, 3.63) is 11.8 Å². The van der Waals surface area contributed by atoms with E-state index in [-0.39, 0.29) is 0 Å². The zero-order valence-electron chi connectivity index (χ0n) is 8.22. The van der Waals surface area contributed by atoms with E-state index in [1.54, 1.807) is 17.7 Å². The highest BCUT2D eigenvalue weighted by atomic mass is 32.2. The van der Waals surface area contributed by atoms with Gasteiger partial charge in [0, 0.05) is 5.25 Å². The van der Waals surface area contributed by atoms with Crippen LogP contribution < -0.4 is 0 Å². The smallest absolute Gasteiger partial charge is 0.147 e. The van der Waals surface area contributed by atoms with Crippen molar-refractivity contribution in [1.29, 1.82) is 0 Å². The molecule has 1 fully saturated rings. The maximum atomic E-state index is 4.34. The first-order valence-electron chi connectivity index (χ1n) is 5.14. The summed E-state index contributed by atoms with van der Waals surface area (Å²) >= 11 is 3.46. The van der Waals surface area contributed by atoms with Crippen molar-refractivity contribution in [1.82, 2.24) is 15.0 Å². The Balaban J connectivity index is 1.92. The lowest BCUT2D eigenvalue weighted by molar-refractivity contribution is 0.886. The van der Waals surface area contributed by atoms with Gasteiger partial charge in [-0.25, -0.2) is 15.0 Å². The van der Waals surface area contributed by atoms with E-state index in [9.17, 15) is 0 Å². The molecule has 3 nitrogen and oxygen atoms in total. The molecular formula is C10H11N3S2. The fourth-order valence-corrected chi connectivity index (χ4v) is 3.87. The van der Waals surface area contributed by atoms with Crippen LogP contribution in [0.5, 0.6) is 0 Å². The number of thioether (sulfide) groups is 1. The van der Waals surface area contributed by atoms with Gasteiger partial charge in [0.05, 0.1) is 5.51 Å². The highest BCUT2D eigenvalue weighted by Gasteiger charge is 2.18. The van der Waals surface area contributed by atoms with Crippen LogP contribution in [0.2, 0.25) is 0 Å². The first-order valence-corrected chi connectivity index (χ1v) is 6.90. The topological polar surface area (TPSA) is 38.7 Å². The molecule has 0 aliphatic heterocycles. The van der Waals surface area contributed by atoms with E-state index in [2.05, 4.69) is 15.0 Å². The lowest BCUT2D eigenvalue weighted by Gasteiger charge is -2.06. The average Bonchev–Trinajstić information content (AvgIpc) is 2.87. The Bertz CT molecular complexity index is 462. The average molecular weight is 237 g/mol. The molecule has 1 saturated carbocycles. The number of fused-ring (bicyclic) bond motifs is 1. The van der Waals surface area contributed by atoms with Gasteiger partial charge in [-0.15, -0.1) is 23.1 Å². The summed E-state index contributed by atoms with van der Waals surface area (Å²) in [5, 5.41) is 1.80. The van der Waals surface area contributed by atoms with Crippen molar-refractivity contribution in [2.75, 3.05) is 0 Å². The summed E-state index contributed by atoms with van der Waals surface area (Å²) in [7, 11) is 0. The van der Waals surface area contributed by atoms with Gasteiger partial charge < -0.3 is 0 Å². The summed E-state index contributed by atoms with van der Waals surface area (Å²) in [5.74, 6) is 0. The molecule has 0 amide bonds. The van der Waals surface area contributed by atoms with E-state index in [0.717, 1.165) is 20.6 Å². The summed E-state index contributed by atoms with van der Waals surface area (Å²) in [6.45, 7) is 0. The van der Waals surface area contributed by atoms with Crippen LogP contribution in [0.15, 0.2) is 16.9 Å². The Labute approximate surface area is 96.4 Å². The SMILES string of the molecule is c1nc(SC2CCCC2)c2ncsc2n1. The number of aromatic nitrogens is 3. The van der Waals surface area contributed by atoms with E-state index in [1.165, 1.54) is 25.7 Å². The van der Waals surface area contributed by atoms with E-state index in [4.69, 9.17) is 0 Å². The molecule has 78 valence electrons. The molecule has 0 aromatic carbocycles. The molecule has 2 aromatic heterocycles. The van der Waals surface area contributed by atoms with Crippen LogP contribution in [0.25, 0.3) is 10.3 Å². The van der Waals surface area contributed by atoms with Crippen LogP contribution in [0.3, 0.4) is 0 Å². The van der Waals surface area contributed by atoms with Crippen molar-refractivity contribution in [3.63, 3.8) is 0 Å². The first kappa shape index (κ1) is 9.54. The molecular weight excluding hydrogens is 226 g/mol. The molecule has 0 spiro atoms. The normalized spacial score (nSPS) is 17.6. The lowest BCUT2D eigenvalue weighted by Crippen LogP contribution is -1.95. The zero-order chi connectivity index (χ0) is 10.1. The third-order valence-electron chi connectivity index (χ3n) is 2.68. The molecule has 1 aliphatic carbocycles. The quantitative estimate of drug-likeness (QED) is 0.752. The molecule has 2 heterocycles. The Morgan fingerprint density at radius 1 is 1.20 bits per heavy atom. The van der Waals surface area contributed by atoms with Crippen molar-refractivity contribution in [2.45, 2.75) is 36.0 Å². The molecule has 0 atom stereocenters. The van der Waals surface area contributed by atoms with Crippen LogP contribution >= 0.6 is 23.1 Å². The minimum atomic E-state index is 0.741. The van der Waals surface area contributed by atoms with Crippen LogP contribution in [0.4, 0.5) is 0 Å². The number of hydrogen-bond acceptors (Lipinski definition) is 5. The highest BCUT2D eigenvalue weighted by Crippen LogP contribution is 2.36. The third kappa shape index (κ3) is 1.86. The van der Waals surface area contributed by atoms with Gasteiger partial charge in [0.1, 0.15) is 21.7 Å². The Hall–Kier alpha value is -0.680. The fraction of sp³-hybridized carbons (Fsp3) is 0.500. The Morgan fingerprint density at radius 2 is 2.07 bits per heavy atom. The zero-order valence-corrected chi connectivity index (χ0v) is 9.85. The molecule has 3 rings (SSSR count). The largest absolute Gasteiger partial charge is 0.240 e. The number of thiazole rings is 1. The number of nitrogens with zero attached hydrogens (tertiary/aromatic N) is 3. The maximum absolute atomic E-state index is 4.34. The molecule has 0 unspecified atom stereocenters. The Morgan fingerprint density at radius 3 is 2.93 bits per heavy atom. The minimum Gasteiger partial charge on any atom is -0.240 e. The van der Waals surface area contributed by atoms with Crippen LogP contribution in [0, 0.1) is 0 Å². The molecule has 5 heteroatoms. The van der Waals surface area contributed by atoms with Crippen molar-refractivity contribution < 1.29 is 0 Å². The van der Waals surface area contributed by atoms with E-state index in [0.29, 0.717) is 0 Å². The molecule has 2 aromatic rings. The van der Waals surface area contributed by atoms with Crippen LogP contribution in [0.1, 0.15) is 25.7 Å². The van der Waals surface area contributed by atoms with Gasteiger partial charge in [-0.05, 0) is 12.8 Å². The number of hydrogen-bond donors (Lipinski definition) is 0. The summed E-state index contributed by atoms with van der Waals surface area (Å²) in [5.41, 5.74) is 2.83. The molecule has 0 N–H and O–H groups in total. The van der Waals surface area contributed by atoms with Crippen LogP contribution in [-0.2, 0) is 0 Å². The first-order chi connectivity index (χ1) is 7.43. The third-order valence-corrected chi connectivity index (χ3v) is 4.74. The van der Waals surface area contributed by atoms with Crippen molar-refractivity contribution in [3.8, 4) is 0 Å². The van der Waals surface area contributed by atoms with Crippen molar-refractivity contribution >= 4 is 33.4 Å². The lowest BCUT2D eigenvalue weighted by atomic mass is 10.4. The molecule has 0 saturated heterocycles. The van der Waals surface area contributed by atoms with Gasteiger partial charge in [0.2, 0.25) is 0 Å². The van der Waals surface area contributed by atoms with Gasteiger partial charge in [-0.2, -0.15) is 0 Å². The van der Waals surface area contributed by atoms with Gasteiger partial charge >= 0.3 is 0 Å². The summed E-state index contributed by atoms with van der Waals surface area (Å²) in [6.07, 6.45) is 7.02. The van der Waals surface area contributed by atoms with E-state index < -0.39 is 0 Å². The molecule has 15 heavy (non-hydrogen) atoms. The summed E-state index contributed by atoms with van der Waals surface area (Å²) in [6, 6.07) is 0. The standard InChI is InChI=1S/C10H11N3S2/c1-2-4-7(3-1)15-10-8-9(11-5-12-10)14-6-13-8/h5-7H,1-4H2. The number of rotatable bonds is 2.